The molecule has 4 heteroatoms. The molecule has 2 aromatic rings. The van der Waals surface area contributed by atoms with Crippen LogP contribution >= 0.6 is 0 Å². The zero-order valence-corrected chi connectivity index (χ0v) is 9.21. The first-order valence-corrected chi connectivity index (χ1v) is 5.02. The van der Waals surface area contributed by atoms with Gasteiger partial charge in [0.05, 0.1) is 18.4 Å². The van der Waals surface area contributed by atoms with E-state index in [1.807, 2.05) is 0 Å². The van der Waals surface area contributed by atoms with Crippen molar-refractivity contribution < 1.29 is 13.5 Å². The maximum absolute atomic E-state index is 13.9. The molecule has 2 rings (SSSR count). The van der Waals surface area contributed by atoms with Crippen molar-refractivity contribution in [1.82, 2.24) is 0 Å². The van der Waals surface area contributed by atoms with E-state index in [1.54, 1.807) is 6.07 Å². The smallest absolute Gasteiger partial charge is 0.157 e. The molecule has 2 aromatic carbocycles. The standard InChI is InChI=1S/C13H11F2NO/c1-17-11-7-6-10(16)13(15)12(11)8-4-2-3-5-9(8)14/h2-7H,16H2,1H3. The lowest BCUT2D eigenvalue weighted by molar-refractivity contribution is 0.413. The minimum atomic E-state index is -0.672. The molecule has 0 aromatic heterocycles. The van der Waals surface area contributed by atoms with Crippen LogP contribution in [0.4, 0.5) is 14.5 Å². The molecule has 0 fully saturated rings. The van der Waals surface area contributed by atoms with Crippen LogP contribution in [0.25, 0.3) is 11.1 Å². The van der Waals surface area contributed by atoms with Gasteiger partial charge >= 0.3 is 0 Å². The Morgan fingerprint density at radius 1 is 1.06 bits per heavy atom. The van der Waals surface area contributed by atoms with Gasteiger partial charge in [0.15, 0.2) is 5.82 Å². The SMILES string of the molecule is COc1ccc(N)c(F)c1-c1ccccc1F. The molecule has 0 aliphatic carbocycles. The molecular weight excluding hydrogens is 224 g/mol. The summed E-state index contributed by atoms with van der Waals surface area (Å²) in [6, 6.07) is 8.81. The maximum atomic E-state index is 13.9. The van der Waals surface area contributed by atoms with Crippen molar-refractivity contribution in [2.45, 2.75) is 0 Å². The summed E-state index contributed by atoms with van der Waals surface area (Å²) in [6.07, 6.45) is 0. The number of anilines is 1. The Hall–Kier alpha value is -2.10. The van der Waals surface area contributed by atoms with Crippen LogP contribution in [0.2, 0.25) is 0 Å². The van der Waals surface area contributed by atoms with E-state index in [4.69, 9.17) is 10.5 Å². The summed E-state index contributed by atoms with van der Waals surface area (Å²) in [5, 5.41) is 0. The van der Waals surface area contributed by atoms with E-state index in [1.165, 1.54) is 37.4 Å². The largest absolute Gasteiger partial charge is 0.496 e. The van der Waals surface area contributed by atoms with Crippen LogP contribution in [0.5, 0.6) is 5.75 Å². The van der Waals surface area contributed by atoms with Gasteiger partial charge < -0.3 is 10.5 Å². The third kappa shape index (κ3) is 1.93. The number of nitrogens with two attached hydrogens (primary N) is 1. The number of rotatable bonds is 2. The van der Waals surface area contributed by atoms with Gasteiger partial charge in [0.2, 0.25) is 0 Å². The van der Waals surface area contributed by atoms with Gasteiger partial charge in [-0.3, -0.25) is 0 Å². The van der Waals surface area contributed by atoms with Gasteiger partial charge in [-0.05, 0) is 18.2 Å². The number of hydrogen-bond donors (Lipinski definition) is 1. The molecule has 0 aliphatic heterocycles. The third-order valence-electron chi connectivity index (χ3n) is 2.50. The van der Waals surface area contributed by atoms with E-state index in [2.05, 4.69) is 0 Å². The molecule has 2 nitrogen and oxygen atoms in total. The van der Waals surface area contributed by atoms with Crippen LogP contribution in [0.15, 0.2) is 36.4 Å². The maximum Gasteiger partial charge on any atom is 0.157 e. The zero-order valence-electron chi connectivity index (χ0n) is 9.21. The van der Waals surface area contributed by atoms with E-state index < -0.39 is 11.6 Å². The van der Waals surface area contributed by atoms with Crippen molar-refractivity contribution in [3.63, 3.8) is 0 Å². The van der Waals surface area contributed by atoms with E-state index in [0.29, 0.717) is 0 Å². The average Bonchev–Trinajstić information content (AvgIpc) is 2.34. The Bertz CT molecular complexity index is 555. The molecule has 0 aliphatic rings. The minimum absolute atomic E-state index is 0.0379. The first-order valence-electron chi connectivity index (χ1n) is 5.02. The van der Waals surface area contributed by atoms with Gasteiger partial charge in [-0.25, -0.2) is 8.78 Å². The molecule has 0 radical (unpaired) electrons. The fraction of sp³-hybridized carbons (Fsp3) is 0.0769. The van der Waals surface area contributed by atoms with Crippen molar-refractivity contribution in [2.75, 3.05) is 12.8 Å². The highest BCUT2D eigenvalue weighted by Gasteiger charge is 2.17. The van der Waals surface area contributed by atoms with E-state index in [-0.39, 0.29) is 22.6 Å². The van der Waals surface area contributed by atoms with E-state index in [0.717, 1.165) is 0 Å². The highest BCUT2D eigenvalue weighted by atomic mass is 19.1. The van der Waals surface area contributed by atoms with E-state index >= 15 is 0 Å². The zero-order chi connectivity index (χ0) is 12.4. The molecule has 0 heterocycles. The molecule has 0 unspecified atom stereocenters. The molecule has 0 spiro atoms. The van der Waals surface area contributed by atoms with Gasteiger partial charge in [-0.15, -0.1) is 0 Å². The second-order valence-electron chi connectivity index (χ2n) is 3.53. The van der Waals surface area contributed by atoms with Gasteiger partial charge in [-0.2, -0.15) is 0 Å². The number of methoxy groups -OCH3 is 1. The Morgan fingerprint density at radius 3 is 2.41 bits per heavy atom. The Labute approximate surface area is 97.6 Å². The fourth-order valence-corrected chi connectivity index (χ4v) is 1.66. The van der Waals surface area contributed by atoms with Crippen molar-refractivity contribution in [3.05, 3.63) is 48.0 Å². The Morgan fingerprint density at radius 2 is 1.76 bits per heavy atom. The highest BCUT2D eigenvalue weighted by Crippen LogP contribution is 2.36. The van der Waals surface area contributed by atoms with Gasteiger partial charge in [0.1, 0.15) is 11.6 Å². The summed E-state index contributed by atoms with van der Waals surface area (Å²) >= 11 is 0. The molecule has 2 N–H and O–H groups in total. The lowest BCUT2D eigenvalue weighted by Gasteiger charge is -2.11. The summed E-state index contributed by atoms with van der Waals surface area (Å²) in [5.41, 5.74) is 5.62. The van der Waals surface area contributed by atoms with Gasteiger partial charge in [0.25, 0.3) is 0 Å². The van der Waals surface area contributed by atoms with Gasteiger partial charge in [-0.1, -0.05) is 18.2 Å². The number of ether oxygens (including phenoxy) is 1. The molecule has 0 saturated heterocycles. The Kier molecular flexibility index (Phi) is 2.95. The summed E-state index contributed by atoms with van der Waals surface area (Å²) in [5.74, 6) is -0.938. The van der Waals surface area contributed by atoms with Crippen LogP contribution in [0.1, 0.15) is 0 Å². The topological polar surface area (TPSA) is 35.2 Å². The first-order chi connectivity index (χ1) is 8.15. The average molecular weight is 235 g/mol. The third-order valence-corrected chi connectivity index (χ3v) is 2.50. The van der Waals surface area contributed by atoms with Gasteiger partial charge in [0, 0.05) is 5.56 Å². The Balaban J connectivity index is 2.74. The molecule has 0 saturated carbocycles. The van der Waals surface area contributed by atoms with Crippen molar-refractivity contribution in [1.29, 1.82) is 0 Å². The van der Waals surface area contributed by atoms with Crippen molar-refractivity contribution >= 4 is 5.69 Å². The van der Waals surface area contributed by atoms with Crippen LogP contribution in [0.3, 0.4) is 0 Å². The second-order valence-corrected chi connectivity index (χ2v) is 3.53. The summed E-state index contributed by atoms with van der Waals surface area (Å²) in [7, 11) is 1.40. The van der Waals surface area contributed by atoms with Crippen LogP contribution in [-0.4, -0.2) is 7.11 Å². The van der Waals surface area contributed by atoms with Crippen molar-refractivity contribution in [2.24, 2.45) is 0 Å². The van der Waals surface area contributed by atoms with E-state index in [9.17, 15) is 8.78 Å². The predicted octanol–water partition coefficient (Wildman–Crippen LogP) is 3.22. The molecule has 0 atom stereocenters. The predicted molar refractivity (Wildman–Crippen MR) is 62.8 cm³/mol. The molecule has 88 valence electrons. The monoisotopic (exact) mass is 235 g/mol. The molecule has 0 bridgehead atoms. The lowest BCUT2D eigenvalue weighted by Crippen LogP contribution is -1.98. The number of hydrogen-bond acceptors (Lipinski definition) is 2. The van der Waals surface area contributed by atoms with Crippen LogP contribution in [0, 0.1) is 11.6 Å². The highest BCUT2D eigenvalue weighted by molar-refractivity contribution is 5.75. The fourth-order valence-electron chi connectivity index (χ4n) is 1.66. The number of halogens is 2. The van der Waals surface area contributed by atoms with Crippen LogP contribution in [-0.2, 0) is 0 Å². The molecule has 17 heavy (non-hydrogen) atoms. The summed E-state index contributed by atoms with van der Waals surface area (Å²) < 4.78 is 32.6. The number of nitrogen functional groups attached to an aromatic ring is 1. The molecular formula is C13H11F2NO. The summed E-state index contributed by atoms with van der Waals surface area (Å²) in [6.45, 7) is 0. The minimum Gasteiger partial charge on any atom is -0.496 e. The van der Waals surface area contributed by atoms with Crippen LogP contribution < -0.4 is 10.5 Å². The van der Waals surface area contributed by atoms with Crippen molar-refractivity contribution in [3.8, 4) is 16.9 Å². The summed E-state index contributed by atoms with van der Waals surface area (Å²) in [4.78, 5) is 0. The lowest BCUT2D eigenvalue weighted by atomic mass is 10.0. The first kappa shape index (κ1) is 11.4. The quantitative estimate of drug-likeness (QED) is 0.811. The second kappa shape index (κ2) is 4.41. The normalized spacial score (nSPS) is 10.3. The number of benzene rings is 2. The molecule has 0 amide bonds.